The summed E-state index contributed by atoms with van der Waals surface area (Å²) >= 11 is 1.48. The van der Waals surface area contributed by atoms with Crippen LogP contribution in [0, 0.1) is 0 Å². The van der Waals surface area contributed by atoms with Gasteiger partial charge < -0.3 is 5.32 Å². The van der Waals surface area contributed by atoms with E-state index in [2.05, 4.69) is 15.3 Å². The van der Waals surface area contributed by atoms with Gasteiger partial charge in [0, 0.05) is 42.5 Å². The molecule has 1 amide bonds. The molecule has 0 aliphatic carbocycles. The van der Waals surface area contributed by atoms with Gasteiger partial charge in [0.05, 0.1) is 6.54 Å². The minimum Gasteiger partial charge on any atom is -0.350 e. The molecule has 3 rings (SSSR count). The van der Waals surface area contributed by atoms with Gasteiger partial charge in [-0.3, -0.25) is 9.69 Å². The van der Waals surface area contributed by atoms with E-state index >= 15 is 0 Å². The second-order valence-electron chi connectivity index (χ2n) is 5.30. The predicted octanol–water partition coefficient (Wildman–Crippen LogP) is 1.88. The van der Waals surface area contributed by atoms with Crippen molar-refractivity contribution < 1.29 is 9.18 Å². The number of alkyl halides is 1. The van der Waals surface area contributed by atoms with Crippen molar-refractivity contribution in [2.75, 3.05) is 13.1 Å². The first kappa shape index (κ1) is 15.1. The number of nitrogens with one attached hydrogen (secondary N) is 1. The van der Waals surface area contributed by atoms with Crippen LogP contribution in [0.5, 0.6) is 0 Å². The maximum atomic E-state index is 13.7. The van der Waals surface area contributed by atoms with E-state index in [1.165, 1.54) is 11.3 Å². The Kier molecular flexibility index (Phi) is 4.74. The fraction of sp³-hybridized carbons (Fsp3) is 0.400. The summed E-state index contributed by atoms with van der Waals surface area (Å²) in [7, 11) is 0. The zero-order chi connectivity index (χ0) is 15.4. The summed E-state index contributed by atoms with van der Waals surface area (Å²) in [5.74, 6) is 0.560. The first-order valence-corrected chi connectivity index (χ1v) is 8.11. The summed E-state index contributed by atoms with van der Waals surface area (Å²) in [6.07, 6.45) is 2.92. The summed E-state index contributed by atoms with van der Waals surface area (Å²) < 4.78 is 13.7. The van der Waals surface area contributed by atoms with Crippen LogP contribution in [0.25, 0.3) is 0 Å². The molecule has 0 saturated carbocycles. The molecular weight excluding hydrogens is 303 g/mol. The van der Waals surface area contributed by atoms with E-state index in [1.807, 2.05) is 10.3 Å². The van der Waals surface area contributed by atoms with E-state index in [1.54, 1.807) is 29.9 Å². The maximum absolute atomic E-state index is 13.7. The van der Waals surface area contributed by atoms with Crippen molar-refractivity contribution >= 4 is 17.2 Å². The summed E-state index contributed by atoms with van der Waals surface area (Å²) in [5, 5.41) is 6.55. The van der Waals surface area contributed by atoms with Crippen LogP contribution in [-0.2, 0) is 6.54 Å². The van der Waals surface area contributed by atoms with Crippen molar-refractivity contribution in [3.05, 3.63) is 46.7 Å². The third kappa shape index (κ3) is 3.66. The minimum atomic E-state index is -0.869. The average Bonchev–Trinajstić information content (AvgIpc) is 3.16. The number of aromatic nitrogens is 2. The molecule has 2 aromatic heterocycles. The summed E-state index contributed by atoms with van der Waals surface area (Å²) in [6, 6.07) is 3.51. The normalized spacial score (nSPS) is 21.9. The Morgan fingerprint density at radius 1 is 1.45 bits per heavy atom. The Bertz CT molecular complexity index is 607. The molecule has 1 aliphatic rings. The number of thiophene rings is 1. The fourth-order valence-electron chi connectivity index (χ4n) is 2.63. The SMILES string of the molecule is O=C(NC[C@@H]1C[C@H](F)CN1Cc1ncccn1)c1ccsc1. The van der Waals surface area contributed by atoms with E-state index in [4.69, 9.17) is 0 Å². The largest absolute Gasteiger partial charge is 0.350 e. The number of hydrogen-bond donors (Lipinski definition) is 1. The molecule has 3 heterocycles. The predicted molar refractivity (Wildman–Crippen MR) is 82.4 cm³/mol. The number of hydrogen-bond acceptors (Lipinski definition) is 5. The molecule has 22 heavy (non-hydrogen) atoms. The molecule has 1 fully saturated rings. The number of rotatable bonds is 5. The lowest BCUT2D eigenvalue weighted by Gasteiger charge is -2.23. The van der Waals surface area contributed by atoms with E-state index in [-0.39, 0.29) is 11.9 Å². The van der Waals surface area contributed by atoms with E-state index in [0.29, 0.717) is 37.4 Å². The first-order chi connectivity index (χ1) is 10.7. The van der Waals surface area contributed by atoms with Gasteiger partial charge in [-0.15, -0.1) is 0 Å². The monoisotopic (exact) mass is 320 g/mol. The number of likely N-dealkylation sites (tertiary alicyclic amines) is 1. The summed E-state index contributed by atoms with van der Waals surface area (Å²) in [5.41, 5.74) is 0.651. The average molecular weight is 320 g/mol. The van der Waals surface area contributed by atoms with Gasteiger partial charge in [-0.1, -0.05) is 0 Å². The van der Waals surface area contributed by atoms with Crippen molar-refractivity contribution in [1.82, 2.24) is 20.2 Å². The quantitative estimate of drug-likeness (QED) is 0.914. The minimum absolute atomic E-state index is 0.0265. The standard InChI is InChI=1S/C15H17FN4OS/c16-12-6-13(7-19-15(21)11-2-5-22-10-11)20(8-12)9-14-17-3-1-4-18-14/h1-5,10,12-13H,6-9H2,(H,19,21)/t12-,13-/m0/s1. The zero-order valence-electron chi connectivity index (χ0n) is 12.0. The number of carbonyl (C=O) groups excluding carboxylic acids is 1. The van der Waals surface area contributed by atoms with Gasteiger partial charge in [0.2, 0.25) is 0 Å². The van der Waals surface area contributed by atoms with Gasteiger partial charge in [-0.05, 0) is 23.9 Å². The van der Waals surface area contributed by atoms with Crippen LogP contribution in [-0.4, -0.2) is 46.1 Å². The Morgan fingerprint density at radius 2 is 2.27 bits per heavy atom. The second kappa shape index (κ2) is 6.93. The molecule has 0 aromatic carbocycles. The molecule has 0 spiro atoms. The Balaban J connectivity index is 1.58. The highest BCUT2D eigenvalue weighted by Crippen LogP contribution is 2.21. The third-order valence-electron chi connectivity index (χ3n) is 3.72. The summed E-state index contributed by atoms with van der Waals surface area (Å²) in [4.78, 5) is 22.3. The molecule has 2 aromatic rings. The molecule has 7 heteroatoms. The fourth-order valence-corrected chi connectivity index (χ4v) is 3.26. The second-order valence-corrected chi connectivity index (χ2v) is 6.08. The number of halogens is 1. The van der Waals surface area contributed by atoms with Crippen molar-refractivity contribution in [1.29, 1.82) is 0 Å². The van der Waals surface area contributed by atoms with Crippen LogP contribution >= 0.6 is 11.3 Å². The molecule has 0 bridgehead atoms. The zero-order valence-corrected chi connectivity index (χ0v) is 12.8. The molecule has 0 unspecified atom stereocenters. The van der Waals surface area contributed by atoms with Crippen LogP contribution < -0.4 is 5.32 Å². The maximum Gasteiger partial charge on any atom is 0.252 e. The Labute approximate surface area is 132 Å². The molecule has 0 radical (unpaired) electrons. The molecule has 5 nitrogen and oxygen atoms in total. The highest BCUT2D eigenvalue weighted by molar-refractivity contribution is 7.08. The highest BCUT2D eigenvalue weighted by atomic mass is 32.1. The van der Waals surface area contributed by atoms with Crippen LogP contribution in [0.4, 0.5) is 4.39 Å². The molecule has 1 saturated heterocycles. The van der Waals surface area contributed by atoms with Gasteiger partial charge in [0.1, 0.15) is 12.0 Å². The van der Waals surface area contributed by atoms with Crippen LogP contribution in [0.1, 0.15) is 22.6 Å². The lowest BCUT2D eigenvalue weighted by molar-refractivity contribution is 0.0940. The van der Waals surface area contributed by atoms with Crippen LogP contribution in [0.15, 0.2) is 35.3 Å². The Hall–Kier alpha value is -1.86. The molecular formula is C15H17FN4OS. The Morgan fingerprint density at radius 3 is 3.00 bits per heavy atom. The van der Waals surface area contributed by atoms with Crippen LogP contribution in [0.2, 0.25) is 0 Å². The third-order valence-corrected chi connectivity index (χ3v) is 4.41. The van der Waals surface area contributed by atoms with Gasteiger partial charge in [0.25, 0.3) is 5.91 Å². The highest BCUT2D eigenvalue weighted by Gasteiger charge is 2.32. The van der Waals surface area contributed by atoms with Gasteiger partial charge in [-0.2, -0.15) is 11.3 Å². The number of amides is 1. The molecule has 1 aliphatic heterocycles. The number of carbonyl (C=O) groups is 1. The number of nitrogens with zero attached hydrogens (tertiary/aromatic N) is 3. The lowest BCUT2D eigenvalue weighted by Crippen LogP contribution is -2.40. The van der Waals surface area contributed by atoms with Crippen molar-refractivity contribution in [2.45, 2.75) is 25.2 Å². The smallest absolute Gasteiger partial charge is 0.252 e. The van der Waals surface area contributed by atoms with Crippen LogP contribution in [0.3, 0.4) is 0 Å². The van der Waals surface area contributed by atoms with Crippen molar-refractivity contribution in [3.8, 4) is 0 Å². The topological polar surface area (TPSA) is 58.1 Å². The molecule has 116 valence electrons. The van der Waals surface area contributed by atoms with Crippen molar-refractivity contribution in [3.63, 3.8) is 0 Å². The van der Waals surface area contributed by atoms with E-state index in [9.17, 15) is 9.18 Å². The van der Waals surface area contributed by atoms with Crippen molar-refractivity contribution in [2.24, 2.45) is 0 Å². The summed E-state index contributed by atoms with van der Waals surface area (Å²) in [6.45, 7) is 1.29. The van der Waals surface area contributed by atoms with Gasteiger partial charge in [0.15, 0.2) is 0 Å². The van der Waals surface area contributed by atoms with Gasteiger partial charge >= 0.3 is 0 Å². The first-order valence-electron chi connectivity index (χ1n) is 7.17. The molecule has 2 atom stereocenters. The molecule has 1 N–H and O–H groups in total. The van der Waals surface area contributed by atoms with E-state index < -0.39 is 6.17 Å². The lowest BCUT2D eigenvalue weighted by atomic mass is 10.2. The van der Waals surface area contributed by atoms with E-state index in [0.717, 1.165) is 0 Å². The van der Waals surface area contributed by atoms with Gasteiger partial charge in [-0.25, -0.2) is 14.4 Å².